The number of amides is 3. The molecule has 0 saturated carbocycles. The maximum absolute atomic E-state index is 12.7. The van der Waals surface area contributed by atoms with E-state index in [0.29, 0.717) is 0 Å². The first-order valence-electron chi connectivity index (χ1n) is 7.18. The standard InChI is InChI=1S/C15H14ClF3N2O3/c16-10-4-3-9(15(17,18)19)8-11(10)20-12(22)2-1-7-21-13(23)5-6-14(21)24/h3-4,8H,1-2,5-7H2,(H,20,22). The molecule has 0 atom stereocenters. The average molecular weight is 363 g/mol. The first-order valence-corrected chi connectivity index (χ1v) is 7.56. The van der Waals surface area contributed by atoms with Crippen LogP contribution in [0.4, 0.5) is 18.9 Å². The molecule has 0 radical (unpaired) electrons. The van der Waals surface area contributed by atoms with Crippen LogP contribution in [0.25, 0.3) is 0 Å². The van der Waals surface area contributed by atoms with Crippen molar-refractivity contribution in [2.75, 3.05) is 11.9 Å². The van der Waals surface area contributed by atoms with E-state index >= 15 is 0 Å². The summed E-state index contributed by atoms with van der Waals surface area (Å²) in [4.78, 5) is 35.7. The molecule has 0 aromatic heterocycles. The summed E-state index contributed by atoms with van der Waals surface area (Å²) in [5.74, 6) is -1.10. The lowest BCUT2D eigenvalue weighted by molar-refractivity contribution is -0.139. The van der Waals surface area contributed by atoms with Gasteiger partial charge in [0.25, 0.3) is 0 Å². The number of halogens is 4. The zero-order valence-electron chi connectivity index (χ0n) is 12.5. The van der Waals surface area contributed by atoms with Gasteiger partial charge in [-0.05, 0) is 24.6 Å². The number of hydrogen-bond donors (Lipinski definition) is 1. The second-order valence-electron chi connectivity index (χ2n) is 5.28. The largest absolute Gasteiger partial charge is 0.416 e. The van der Waals surface area contributed by atoms with Crippen LogP contribution in [-0.4, -0.2) is 29.2 Å². The lowest BCUT2D eigenvalue weighted by Gasteiger charge is -2.14. The summed E-state index contributed by atoms with van der Waals surface area (Å²) in [7, 11) is 0. The number of nitrogens with zero attached hydrogens (tertiary/aromatic N) is 1. The Hall–Kier alpha value is -2.09. The molecule has 2 rings (SSSR count). The number of hydrogen-bond acceptors (Lipinski definition) is 3. The Kier molecular flexibility index (Phi) is 5.48. The lowest BCUT2D eigenvalue weighted by atomic mass is 10.2. The van der Waals surface area contributed by atoms with Crippen LogP contribution in [0, 0.1) is 0 Å². The topological polar surface area (TPSA) is 66.5 Å². The first-order chi connectivity index (χ1) is 11.2. The van der Waals surface area contributed by atoms with E-state index in [1.54, 1.807) is 0 Å². The normalized spacial score (nSPS) is 15.1. The summed E-state index contributed by atoms with van der Waals surface area (Å²) in [5, 5.41) is 2.30. The molecule has 1 heterocycles. The average Bonchev–Trinajstić information content (AvgIpc) is 2.80. The molecule has 3 amide bonds. The van der Waals surface area contributed by atoms with Crippen LogP contribution in [0.1, 0.15) is 31.2 Å². The van der Waals surface area contributed by atoms with Gasteiger partial charge in [-0.3, -0.25) is 19.3 Å². The van der Waals surface area contributed by atoms with E-state index in [2.05, 4.69) is 5.32 Å². The van der Waals surface area contributed by atoms with Crippen molar-refractivity contribution in [3.05, 3.63) is 28.8 Å². The highest BCUT2D eigenvalue weighted by molar-refractivity contribution is 6.33. The molecule has 24 heavy (non-hydrogen) atoms. The highest BCUT2D eigenvalue weighted by atomic mass is 35.5. The Morgan fingerprint density at radius 3 is 2.42 bits per heavy atom. The first kappa shape index (κ1) is 18.3. The summed E-state index contributed by atoms with van der Waals surface area (Å²) in [6.45, 7) is 0.113. The number of carbonyl (C=O) groups excluding carboxylic acids is 3. The maximum Gasteiger partial charge on any atom is 0.416 e. The quantitative estimate of drug-likeness (QED) is 0.818. The Bertz CT molecular complexity index is 660. The molecule has 130 valence electrons. The minimum Gasteiger partial charge on any atom is -0.325 e. The van der Waals surface area contributed by atoms with Crippen LogP contribution in [0.15, 0.2) is 18.2 Å². The van der Waals surface area contributed by atoms with Gasteiger partial charge in [0, 0.05) is 25.8 Å². The van der Waals surface area contributed by atoms with Crippen molar-refractivity contribution in [2.24, 2.45) is 0 Å². The number of rotatable bonds is 5. The number of likely N-dealkylation sites (tertiary alicyclic amines) is 1. The van der Waals surface area contributed by atoms with Crippen molar-refractivity contribution in [3.8, 4) is 0 Å². The minimum atomic E-state index is -4.54. The third-order valence-electron chi connectivity index (χ3n) is 3.51. The molecule has 1 N–H and O–H groups in total. The molecular weight excluding hydrogens is 349 g/mol. The molecule has 1 saturated heterocycles. The highest BCUT2D eigenvalue weighted by Crippen LogP contribution is 2.33. The fourth-order valence-electron chi connectivity index (χ4n) is 2.28. The second kappa shape index (κ2) is 7.21. The van der Waals surface area contributed by atoms with Crippen molar-refractivity contribution in [3.63, 3.8) is 0 Å². The third-order valence-corrected chi connectivity index (χ3v) is 3.84. The Morgan fingerprint density at radius 1 is 1.21 bits per heavy atom. The predicted octanol–water partition coefficient (Wildman–Crippen LogP) is 3.23. The summed E-state index contributed by atoms with van der Waals surface area (Å²) in [5.41, 5.74) is -1.06. The van der Waals surface area contributed by atoms with Crippen LogP contribution in [0.3, 0.4) is 0 Å². The number of nitrogens with one attached hydrogen (secondary N) is 1. The Balaban J connectivity index is 1.90. The SMILES string of the molecule is O=C(CCCN1C(=O)CCC1=O)Nc1cc(C(F)(F)F)ccc1Cl. The summed E-state index contributed by atoms with van der Waals surface area (Å²) in [6, 6.07) is 2.64. The zero-order valence-corrected chi connectivity index (χ0v) is 13.2. The zero-order chi connectivity index (χ0) is 17.9. The van der Waals surface area contributed by atoms with Gasteiger partial charge in [0.1, 0.15) is 0 Å². The van der Waals surface area contributed by atoms with Crippen molar-refractivity contribution in [1.82, 2.24) is 4.90 Å². The van der Waals surface area contributed by atoms with Crippen LogP contribution < -0.4 is 5.32 Å². The third kappa shape index (κ3) is 4.47. The van der Waals surface area contributed by atoms with E-state index in [1.165, 1.54) is 0 Å². The van der Waals surface area contributed by atoms with E-state index < -0.39 is 17.6 Å². The van der Waals surface area contributed by atoms with Gasteiger partial charge in [0.15, 0.2) is 0 Å². The van der Waals surface area contributed by atoms with E-state index in [-0.39, 0.29) is 54.8 Å². The Labute approximate surface area is 140 Å². The van der Waals surface area contributed by atoms with Gasteiger partial charge in [-0.2, -0.15) is 13.2 Å². The second-order valence-corrected chi connectivity index (χ2v) is 5.69. The van der Waals surface area contributed by atoms with Crippen LogP contribution in [0.5, 0.6) is 0 Å². The number of benzene rings is 1. The van der Waals surface area contributed by atoms with E-state index in [1.807, 2.05) is 0 Å². The van der Waals surface area contributed by atoms with E-state index in [4.69, 9.17) is 11.6 Å². The van der Waals surface area contributed by atoms with Gasteiger partial charge in [0.2, 0.25) is 17.7 Å². The van der Waals surface area contributed by atoms with Crippen LogP contribution in [0.2, 0.25) is 5.02 Å². The molecule has 0 unspecified atom stereocenters. The number of carbonyl (C=O) groups is 3. The molecule has 9 heteroatoms. The smallest absolute Gasteiger partial charge is 0.325 e. The fraction of sp³-hybridized carbons (Fsp3) is 0.400. The highest BCUT2D eigenvalue weighted by Gasteiger charge is 2.31. The van der Waals surface area contributed by atoms with Gasteiger partial charge in [-0.1, -0.05) is 11.6 Å². The van der Waals surface area contributed by atoms with Gasteiger partial charge >= 0.3 is 6.18 Å². The van der Waals surface area contributed by atoms with Crippen LogP contribution >= 0.6 is 11.6 Å². The number of alkyl halides is 3. The van der Waals surface area contributed by atoms with Gasteiger partial charge < -0.3 is 5.32 Å². The minimum absolute atomic E-state index is 0.0127. The van der Waals surface area contributed by atoms with Crippen LogP contribution in [-0.2, 0) is 20.6 Å². The van der Waals surface area contributed by atoms with Gasteiger partial charge in [-0.15, -0.1) is 0 Å². The summed E-state index contributed by atoms with van der Waals surface area (Å²) in [6.07, 6.45) is -4.03. The molecule has 1 aromatic carbocycles. The Morgan fingerprint density at radius 2 is 1.83 bits per heavy atom. The number of anilines is 1. The van der Waals surface area contributed by atoms with E-state index in [0.717, 1.165) is 23.1 Å². The molecule has 0 aliphatic carbocycles. The molecular formula is C15H14ClF3N2O3. The molecule has 1 aliphatic rings. The predicted molar refractivity (Wildman–Crippen MR) is 80.3 cm³/mol. The molecule has 5 nitrogen and oxygen atoms in total. The fourth-order valence-corrected chi connectivity index (χ4v) is 2.44. The molecule has 1 aliphatic heterocycles. The van der Waals surface area contributed by atoms with Crippen molar-refractivity contribution in [1.29, 1.82) is 0 Å². The van der Waals surface area contributed by atoms with Crippen molar-refractivity contribution < 1.29 is 27.6 Å². The monoisotopic (exact) mass is 362 g/mol. The van der Waals surface area contributed by atoms with Gasteiger partial charge in [-0.25, -0.2) is 0 Å². The van der Waals surface area contributed by atoms with Gasteiger partial charge in [0.05, 0.1) is 16.3 Å². The molecule has 1 aromatic rings. The van der Waals surface area contributed by atoms with Crippen molar-refractivity contribution >= 4 is 35.0 Å². The summed E-state index contributed by atoms with van der Waals surface area (Å²) < 4.78 is 38.0. The maximum atomic E-state index is 12.7. The molecule has 0 bridgehead atoms. The summed E-state index contributed by atoms with van der Waals surface area (Å²) >= 11 is 5.79. The van der Waals surface area contributed by atoms with Crippen molar-refractivity contribution in [2.45, 2.75) is 31.9 Å². The lowest BCUT2D eigenvalue weighted by Crippen LogP contribution is -2.30. The molecule has 0 spiro atoms. The van der Waals surface area contributed by atoms with E-state index in [9.17, 15) is 27.6 Å². The number of imide groups is 1. The molecule has 1 fully saturated rings.